The van der Waals surface area contributed by atoms with Crippen molar-refractivity contribution in [1.29, 1.82) is 0 Å². The average molecular weight is 162 g/mol. The Kier molecular flexibility index (Phi) is 2.84. The number of rotatable bonds is 2. The molecule has 0 unspecified atom stereocenters. The largest absolute Gasteiger partial charge is 0.391 e. The highest BCUT2D eigenvalue weighted by Gasteiger charge is 2.37. The van der Waals surface area contributed by atoms with E-state index in [9.17, 15) is 0 Å². The number of aliphatic hydroxyl groups is 2. The molecule has 4 atom stereocenters. The van der Waals surface area contributed by atoms with Crippen molar-refractivity contribution in [2.24, 2.45) is 0 Å². The van der Waals surface area contributed by atoms with Crippen LogP contribution in [0.1, 0.15) is 13.3 Å². The molecule has 1 aliphatic rings. The minimum atomic E-state index is -0.792. The average Bonchev–Trinajstić information content (AvgIpc) is 2.30. The van der Waals surface area contributed by atoms with Crippen LogP contribution in [-0.4, -0.2) is 41.9 Å². The van der Waals surface area contributed by atoms with Crippen LogP contribution in [0.15, 0.2) is 0 Å². The Morgan fingerprint density at radius 3 is 2.64 bits per heavy atom. The molecule has 0 spiro atoms. The van der Waals surface area contributed by atoms with E-state index in [-0.39, 0.29) is 6.10 Å². The highest BCUT2D eigenvalue weighted by Crippen LogP contribution is 2.23. The minimum Gasteiger partial charge on any atom is -0.391 e. The van der Waals surface area contributed by atoms with Crippen LogP contribution >= 0.6 is 0 Å². The number of hydrogen-bond acceptors (Lipinski definition) is 4. The third-order valence-corrected chi connectivity index (χ3v) is 1.89. The Labute approximate surface area is 65.7 Å². The van der Waals surface area contributed by atoms with Gasteiger partial charge in [0, 0.05) is 13.5 Å². The fraction of sp³-hybridized carbons (Fsp3) is 1.00. The summed E-state index contributed by atoms with van der Waals surface area (Å²) in [4.78, 5) is 0. The quantitative estimate of drug-likeness (QED) is 0.574. The smallest absolute Gasteiger partial charge is 0.157 e. The summed E-state index contributed by atoms with van der Waals surface area (Å²) in [7, 11) is 1.54. The van der Waals surface area contributed by atoms with Gasteiger partial charge in [0.15, 0.2) is 6.29 Å². The molecule has 4 heteroatoms. The van der Waals surface area contributed by atoms with Crippen molar-refractivity contribution in [3.05, 3.63) is 0 Å². The van der Waals surface area contributed by atoms with Crippen LogP contribution < -0.4 is 0 Å². The molecule has 0 saturated carbocycles. The van der Waals surface area contributed by atoms with Crippen LogP contribution in [-0.2, 0) is 9.47 Å². The molecular formula is C7H14O4. The molecule has 1 heterocycles. The van der Waals surface area contributed by atoms with Gasteiger partial charge in [-0.05, 0) is 6.92 Å². The van der Waals surface area contributed by atoms with E-state index in [4.69, 9.17) is 19.7 Å². The van der Waals surface area contributed by atoms with Gasteiger partial charge in [-0.15, -0.1) is 0 Å². The molecule has 1 fully saturated rings. The van der Waals surface area contributed by atoms with Crippen LogP contribution in [0, 0.1) is 0 Å². The molecule has 0 bridgehead atoms. The first-order valence-electron chi connectivity index (χ1n) is 3.69. The van der Waals surface area contributed by atoms with E-state index in [2.05, 4.69) is 0 Å². The standard InChI is InChI=1S/C7H14O4/c1-4(8)7-5(10-2)3-6(9)11-7/h4-9H,3H2,1-2H3/t4-,5-,6-,7-/m1/s1. The maximum absolute atomic E-state index is 9.16. The van der Waals surface area contributed by atoms with Gasteiger partial charge >= 0.3 is 0 Å². The Hall–Kier alpha value is -0.160. The lowest BCUT2D eigenvalue weighted by atomic mass is 10.1. The summed E-state index contributed by atoms with van der Waals surface area (Å²) in [6.45, 7) is 1.62. The van der Waals surface area contributed by atoms with Crippen LogP contribution in [0.3, 0.4) is 0 Å². The second-order valence-corrected chi connectivity index (χ2v) is 2.81. The van der Waals surface area contributed by atoms with E-state index in [1.807, 2.05) is 0 Å². The molecule has 0 aromatic heterocycles. The van der Waals surface area contributed by atoms with Crippen molar-refractivity contribution in [2.75, 3.05) is 7.11 Å². The fourth-order valence-corrected chi connectivity index (χ4v) is 1.31. The minimum absolute atomic E-state index is 0.190. The van der Waals surface area contributed by atoms with Crippen molar-refractivity contribution < 1.29 is 19.7 Å². The van der Waals surface area contributed by atoms with Gasteiger partial charge in [-0.1, -0.05) is 0 Å². The summed E-state index contributed by atoms with van der Waals surface area (Å²) in [5.74, 6) is 0. The lowest BCUT2D eigenvalue weighted by Gasteiger charge is -2.18. The number of hydrogen-bond donors (Lipinski definition) is 2. The van der Waals surface area contributed by atoms with Crippen LogP contribution in [0.25, 0.3) is 0 Å². The maximum Gasteiger partial charge on any atom is 0.157 e. The zero-order valence-electron chi connectivity index (χ0n) is 6.73. The summed E-state index contributed by atoms with van der Waals surface area (Å²) >= 11 is 0. The Bertz CT molecular complexity index is 126. The molecule has 0 aliphatic carbocycles. The first-order chi connectivity index (χ1) is 5.15. The topological polar surface area (TPSA) is 58.9 Å². The van der Waals surface area contributed by atoms with Crippen molar-refractivity contribution in [3.8, 4) is 0 Å². The number of aliphatic hydroxyl groups excluding tert-OH is 2. The molecular weight excluding hydrogens is 148 g/mol. The zero-order valence-corrected chi connectivity index (χ0v) is 6.73. The van der Waals surface area contributed by atoms with E-state index >= 15 is 0 Å². The van der Waals surface area contributed by atoms with Gasteiger partial charge in [0.25, 0.3) is 0 Å². The SMILES string of the molecule is CO[C@@H]1C[C@H](O)O[C@@H]1[C@@H](C)O. The fourth-order valence-electron chi connectivity index (χ4n) is 1.31. The highest BCUT2D eigenvalue weighted by molar-refractivity contribution is 4.82. The van der Waals surface area contributed by atoms with Crippen molar-refractivity contribution >= 4 is 0 Å². The van der Waals surface area contributed by atoms with Crippen molar-refractivity contribution in [3.63, 3.8) is 0 Å². The molecule has 0 radical (unpaired) electrons. The zero-order chi connectivity index (χ0) is 8.43. The molecule has 0 aromatic carbocycles. The maximum atomic E-state index is 9.16. The first-order valence-corrected chi connectivity index (χ1v) is 3.69. The number of methoxy groups -OCH3 is 1. The summed E-state index contributed by atoms with van der Waals surface area (Å²) in [6.07, 6.45) is -1.54. The van der Waals surface area contributed by atoms with Crippen LogP contribution in [0.5, 0.6) is 0 Å². The Morgan fingerprint density at radius 1 is 1.64 bits per heavy atom. The van der Waals surface area contributed by atoms with Crippen LogP contribution in [0.2, 0.25) is 0 Å². The van der Waals surface area contributed by atoms with Crippen LogP contribution in [0.4, 0.5) is 0 Å². The third-order valence-electron chi connectivity index (χ3n) is 1.89. The summed E-state index contributed by atoms with van der Waals surface area (Å²) in [6, 6.07) is 0. The van der Waals surface area contributed by atoms with E-state index < -0.39 is 18.5 Å². The molecule has 2 N–H and O–H groups in total. The lowest BCUT2D eigenvalue weighted by Crippen LogP contribution is -2.33. The van der Waals surface area contributed by atoms with Gasteiger partial charge in [-0.3, -0.25) is 0 Å². The highest BCUT2D eigenvalue weighted by atomic mass is 16.6. The number of ether oxygens (including phenoxy) is 2. The van der Waals surface area contributed by atoms with Gasteiger partial charge < -0.3 is 19.7 Å². The summed E-state index contributed by atoms with van der Waals surface area (Å²) in [5.41, 5.74) is 0. The van der Waals surface area contributed by atoms with Gasteiger partial charge in [0.05, 0.1) is 12.2 Å². The predicted molar refractivity (Wildman–Crippen MR) is 38.0 cm³/mol. The second kappa shape index (κ2) is 3.49. The van der Waals surface area contributed by atoms with E-state index in [0.29, 0.717) is 6.42 Å². The molecule has 4 nitrogen and oxygen atoms in total. The molecule has 11 heavy (non-hydrogen) atoms. The third kappa shape index (κ3) is 1.90. The predicted octanol–water partition coefficient (Wildman–Crippen LogP) is -0.510. The van der Waals surface area contributed by atoms with Crippen molar-refractivity contribution in [2.45, 2.75) is 37.9 Å². The van der Waals surface area contributed by atoms with Gasteiger partial charge in [-0.25, -0.2) is 0 Å². The van der Waals surface area contributed by atoms with Gasteiger partial charge in [0.2, 0.25) is 0 Å². The van der Waals surface area contributed by atoms with Gasteiger partial charge in [0.1, 0.15) is 6.10 Å². The Morgan fingerprint density at radius 2 is 2.27 bits per heavy atom. The van der Waals surface area contributed by atoms with Crippen molar-refractivity contribution in [1.82, 2.24) is 0 Å². The summed E-state index contributed by atoms with van der Waals surface area (Å²) < 4.78 is 10.0. The summed E-state index contributed by atoms with van der Waals surface area (Å²) in [5, 5.41) is 18.2. The molecule has 0 aromatic rings. The van der Waals surface area contributed by atoms with Gasteiger partial charge in [-0.2, -0.15) is 0 Å². The molecule has 1 aliphatic heterocycles. The van der Waals surface area contributed by atoms with E-state index in [1.165, 1.54) is 0 Å². The lowest BCUT2D eigenvalue weighted by molar-refractivity contribution is -0.128. The van der Waals surface area contributed by atoms with E-state index in [0.717, 1.165) is 0 Å². The normalized spacial score (nSPS) is 40.9. The van der Waals surface area contributed by atoms with E-state index in [1.54, 1.807) is 14.0 Å². The molecule has 0 amide bonds. The molecule has 66 valence electrons. The first kappa shape index (κ1) is 8.93. The monoisotopic (exact) mass is 162 g/mol. The second-order valence-electron chi connectivity index (χ2n) is 2.81. The Balaban J connectivity index is 2.50. The molecule has 1 rings (SSSR count). The molecule has 1 saturated heterocycles.